The normalized spacial score (nSPS) is 10.9. The maximum absolute atomic E-state index is 5.89. The van der Waals surface area contributed by atoms with Crippen molar-refractivity contribution in [1.82, 2.24) is 15.6 Å². The first-order valence-electron chi connectivity index (χ1n) is 7.91. The van der Waals surface area contributed by atoms with Crippen LogP contribution >= 0.6 is 47.3 Å². The second-order valence-corrected chi connectivity index (χ2v) is 6.89. The molecule has 0 saturated heterocycles. The summed E-state index contributed by atoms with van der Waals surface area (Å²) < 4.78 is 0. The molecule has 0 spiro atoms. The molecule has 0 fully saturated rings. The van der Waals surface area contributed by atoms with Crippen LogP contribution in [0.5, 0.6) is 0 Å². The van der Waals surface area contributed by atoms with Gasteiger partial charge in [-0.05, 0) is 54.8 Å². The highest BCUT2D eigenvalue weighted by Gasteiger charge is 2.00. The van der Waals surface area contributed by atoms with E-state index in [0.29, 0.717) is 0 Å². The highest BCUT2D eigenvalue weighted by molar-refractivity contribution is 14.0. The van der Waals surface area contributed by atoms with E-state index in [0.717, 1.165) is 36.2 Å². The van der Waals surface area contributed by atoms with Gasteiger partial charge in [-0.3, -0.25) is 9.98 Å². The number of hydrogen-bond donors (Lipinski definition) is 2. The standard InChI is InChI=1S/C18H23ClN4S.HI/c1-14-13-21-9-7-15(14)8-10-22-18(20-2)23-11-12-24-17-5-3-16(19)4-6-17;/h3-7,9,13H,8,10-12H2,1-2H3,(H2,20,22,23);1H. The maximum Gasteiger partial charge on any atom is 0.191 e. The lowest BCUT2D eigenvalue weighted by Crippen LogP contribution is -2.39. The molecule has 2 aromatic rings. The van der Waals surface area contributed by atoms with Gasteiger partial charge in [0.25, 0.3) is 0 Å². The second kappa shape index (κ2) is 12.4. The van der Waals surface area contributed by atoms with Crippen molar-refractivity contribution in [2.45, 2.75) is 18.2 Å². The number of rotatable bonds is 7. The molecule has 0 amide bonds. The lowest BCUT2D eigenvalue weighted by molar-refractivity contribution is 0.808. The average Bonchev–Trinajstić information content (AvgIpc) is 2.60. The van der Waals surface area contributed by atoms with E-state index in [-0.39, 0.29) is 24.0 Å². The van der Waals surface area contributed by atoms with Crippen molar-refractivity contribution in [2.24, 2.45) is 4.99 Å². The van der Waals surface area contributed by atoms with E-state index in [2.05, 4.69) is 33.6 Å². The Morgan fingerprint density at radius 2 is 1.88 bits per heavy atom. The predicted molar refractivity (Wildman–Crippen MR) is 120 cm³/mol. The van der Waals surface area contributed by atoms with Crippen molar-refractivity contribution >= 4 is 53.3 Å². The summed E-state index contributed by atoms with van der Waals surface area (Å²) in [5.74, 6) is 1.80. The van der Waals surface area contributed by atoms with Crippen LogP contribution in [0.2, 0.25) is 5.02 Å². The predicted octanol–water partition coefficient (Wildman–Crippen LogP) is 4.16. The Balaban J connectivity index is 0.00000312. The van der Waals surface area contributed by atoms with Crippen LogP contribution in [-0.2, 0) is 6.42 Å². The van der Waals surface area contributed by atoms with Crippen LogP contribution < -0.4 is 10.6 Å². The van der Waals surface area contributed by atoms with Gasteiger partial charge in [0.05, 0.1) is 0 Å². The molecule has 2 rings (SSSR count). The van der Waals surface area contributed by atoms with E-state index in [1.807, 2.05) is 36.7 Å². The SMILES string of the molecule is CN=C(NCCSc1ccc(Cl)cc1)NCCc1ccncc1C.I. The molecular formula is C18H24ClIN4S. The number of benzene rings is 1. The molecule has 0 saturated carbocycles. The first kappa shape index (κ1) is 22.1. The zero-order chi connectivity index (χ0) is 17.2. The summed E-state index contributed by atoms with van der Waals surface area (Å²) in [4.78, 5) is 9.59. The van der Waals surface area contributed by atoms with Gasteiger partial charge >= 0.3 is 0 Å². The number of guanidine groups is 1. The lowest BCUT2D eigenvalue weighted by atomic mass is 10.1. The summed E-state index contributed by atoms with van der Waals surface area (Å²) in [5, 5.41) is 7.44. The molecule has 25 heavy (non-hydrogen) atoms. The molecule has 7 heteroatoms. The Kier molecular flexibility index (Phi) is 10.9. The number of hydrogen-bond acceptors (Lipinski definition) is 3. The average molecular weight is 491 g/mol. The summed E-state index contributed by atoms with van der Waals surface area (Å²) in [6.45, 7) is 3.78. The fraction of sp³-hybridized carbons (Fsp3) is 0.333. The number of aliphatic imine (C=N–C) groups is 1. The Morgan fingerprint density at radius 1 is 1.16 bits per heavy atom. The number of nitrogens with one attached hydrogen (secondary N) is 2. The minimum atomic E-state index is 0. The first-order chi connectivity index (χ1) is 11.7. The highest BCUT2D eigenvalue weighted by Crippen LogP contribution is 2.19. The van der Waals surface area contributed by atoms with Gasteiger partial charge in [0.1, 0.15) is 0 Å². The van der Waals surface area contributed by atoms with Gasteiger partial charge in [0.2, 0.25) is 0 Å². The molecule has 0 aliphatic heterocycles. The summed E-state index contributed by atoms with van der Waals surface area (Å²) in [6, 6.07) is 9.97. The number of aryl methyl sites for hydroxylation is 1. The monoisotopic (exact) mass is 490 g/mol. The smallest absolute Gasteiger partial charge is 0.191 e. The lowest BCUT2D eigenvalue weighted by Gasteiger charge is -2.12. The molecule has 2 N–H and O–H groups in total. The molecule has 0 bridgehead atoms. The molecule has 136 valence electrons. The quantitative estimate of drug-likeness (QED) is 0.201. The second-order valence-electron chi connectivity index (χ2n) is 5.28. The molecule has 1 heterocycles. The van der Waals surface area contributed by atoms with Crippen LogP contribution in [0.1, 0.15) is 11.1 Å². The van der Waals surface area contributed by atoms with E-state index in [9.17, 15) is 0 Å². The van der Waals surface area contributed by atoms with Crippen molar-refractivity contribution in [3.63, 3.8) is 0 Å². The van der Waals surface area contributed by atoms with Gasteiger partial charge < -0.3 is 10.6 Å². The third kappa shape index (κ3) is 8.29. The largest absolute Gasteiger partial charge is 0.356 e. The molecule has 0 aliphatic rings. The molecule has 0 aliphatic carbocycles. The third-order valence-electron chi connectivity index (χ3n) is 3.52. The Hall–Kier alpha value is -0.990. The highest BCUT2D eigenvalue weighted by atomic mass is 127. The van der Waals surface area contributed by atoms with Crippen LogP contribution in [0, 0.1) is 6.92 Å². The summed E-state index contributed by atoms with van der Waals surface area (Å²) in [6.07, 6.45) is 4.69. The number of halogens is 2. The minimum absolute atomic E-state index is 0. The van der Waals surface area contributed by atoms with Crippen molar-refractivity contribution in [3.05, 3.63) is 58.9 Å². The molecule has 0 radical (unpaired) electrons. The van der Waals surface area contributed by atoms with Crippen LogP contribution in [0.15, 0.2) is 52.6 Å². The molecule has 1 aromatic heterocycles. The number of thioether (sulfide) groups is 1. The van der Waals surface area contributed by atoms with Crippen molar-refractivity contribution < 1.29 is 0 Å². The fourth-order valence-corrected chi connectivity index (χ4v) is 3.08. The summed E-state index contributed by atoms with van der Waals surface area (Å²) >= 11 is 7.68. The first-order valence-corrected chi connectivity index (χ1v) is 9.28. The fourth-order valence-electron chi connectivity index (χ4n) is 2.19. The van der Waals surface area contributed by atoms with Crippen LogP contribution in [0.4, 0.5) is 0 Å². The topological polar surface area (TPSA) is 49.3 Å². The van der Waals surface area contributed by atoms with Crippen LogP contribution in [0.3, 0.4) is 0 Å². The Bertz CT molecular complexity index is 664. The van der Waals surface area contributed by atoms with Crippen LogP contribution in [-0.4, -0.2) is 36.8 Å². The number of nitrogens with zero attached hydrogens (tertiary/aromatic N) is 2. The Labute approximate surface area is 176 Å². The van der Waals surface area contributed by atoms with E-state index in [1.54, 1.807) is 18.8 Å². The van der Waals surface area contributed by atoms with E-state index < -0.39 is 0 Å². The van der Waals surface area contributed by atoms with Gasteiger partial charge in [-0.25, -0.2) is 0 Å². The van der Waals surface area contributed by atoms with Gasteiger partial charge in [-0.1, -0.05) is 11.6 Å². The van der Waals surface area contributed by atoms with E-state index >= 15 is 0 Å². The molecule has 4 nitrogen and oxygen atoms in total. The van der Waals surface area contributed by atoms with Crippen molar-refractivity contribution in [1.29, 1.82) is 0 Å². The van der Waals surface area contributed by atoms with E-state index in [1.165, 1.54) is 16.0 Å². The third-order valence-corrected chi connectivity index (χ3v) is 4.79. The Morgan fingerprint density at radius 3 is 2.56 bits per heavy atom. The molecular weight excluding hydrogens is 467 g/mol. The number of aromatic nitrogens is 1. The van der Waals surface area contributed by atoms with Crippen LogP contribution in [0.25, 0.3) is 0 Å². The van der Waals surface area contributed by atoms with Gasteiger partial charge in [-0.2, -0.15) is 0 Å². The maximum atomic E-state index is 5.89. The number of pyridine rings is 1. The molecule has 0 atom stereocenters. The van der Waals surface area contributed by atoms with Gasteiger partial charge in [0, 0.05) is 48.2 Å². The van der Waals surface area contributed by atoms with Gasteiger partial charge in [0.15, 0.2) is 5.96 Å². The molecule has 1 aromatic carbocycles. The minimum Gasteiger partial charge on any atom is -0.356 e. The zero-order valence-electron chi connectivity index (χ0n) is 14.5. The van der Waals surface area contributed by atoms with Crippen molar-refractivity contribution in [2.75, 3.05) is 25.9 Å². The van der Waals surface area contributed by atoms with E-state index in [4.69, 9.17) is 11.6 Å². The zero-order valence-corrected chi connectivity index (χ0v) is 18.4. The van der Waals surface area contributed by atoms with Crippen molar-refractivity contribution in [3.8, 4) is 0 Å². The van der Waals surface area contributed by atoms with Gasteiger partial charge in [-0.15, -0.1) is 35.7 Å². The summed E-state index contributed by atoms with van der Waals surface area (Å²) in [7, 11) is 1.79. The molecule has 0 unspecified atom stereocenters. The summed E-state index contributed by atoms with van der Waals surface area (Å²) in [5.41, 5.74) is 2.54.